The molecule has 4 N–H and O–H groups in total. The van der Waals surface area contributed by atoms with Crippen LogP contribution in [0.25, 0.3) is 37.6 Å². The number of nitrogens with two attached hydrogens (primary N) is 1. The van der Waals surface area contributed by atoms with Crippen molar-refractivity contribution >= 4 is 49.7 Å². The monoisotopic (exact) mass is 531 g/mol. The number of allylic oxidation sites excluding steroid dienone is 1. The molecule has 5 aromatic rings. The van der Waals surface area contributed by atoms with Gasteiger partial charge in [-0.05, 0) is 76.1 Å². The summed E-state index contributed by atoms with van der Waals surface area (Å²) < 4.78 is 6.49. The Morgan fingerprint density at radius 2 is 1.72 bits per heavy atom. The van der Waals surface area contributed by atoms with E-state index in [1.165, 1.54) is 27.5 Å². The summed E-state index contributed by atoms with van der Waals surface area (Å²) in [5.41, 5.74) is 13.3. The lowest BCUT2D eigenvalue weighted by molar-refractivity contribution is 0.0528. The highest BCUT2D eigenvalue weighted by Gasteiger charge is 2.25. The van der Waals surface area contributed by atoms with Gasteiger partial charge < -0.3 is 15.8 Å². The molecule has 0 radical (unpaired) electrons. The standard InChI is InChI=1S/C33H29N3O2S/c1-2-38-32(37)31-28-17-26(24-15-7-11-20-9-3-5-13-22(20)24)27(18-29(28)39-30(31)19-36-33(34)35)25-16-8-12-21-10-4-6-14-23(21)25/h3-6,8-10,12-18H,2,7,11,19H2,1H3,(H4,34,35,36). The zero-order chi connectivity index (χ0) is 26.9. The lowest BCUT2D eigenvalue weighted by Gasteiger charge is -2.21. The maximum absolute atomic E-state index is 13.3. The smallest absolute Gasteiger partial charge is 0.339 e. The summed E-state index contributed by atoms with van der Waals surface area (Å²) in [7, 11) is 0. The number of hydrogen-bond donors (Lipinski definition) is 3. The van der Waals surface area contributed by atoms with Crippen molar-refractivity contribution in [3.8, 4) is 11.1 Å². The SMILES string of the molecule is CCOC(=O)c1c(CNC(=N)N)sc2cc(-c3cccc4ccccc34)c(C3=CCCc4ccccc43)cc12. The van der Waals surface area contributed by atoms with Crippen LogP contribution in [0.2, 0.25) is 0 Å². The molecule has 6 rings (SSSR count). The van der Waals surface area contributed by atoms with Gasteiger partial charge in [0.05, 0.1) is 18.7 Å². The predicted molar refractivity (Wildman–Crippen MR) is 161 cm³/mol. The number of rotatable bonds is 6. The molecule has 0 spiro atoms. The fraction of sp³-hybridized carbons (Fsp3) is 0.152. The quantitative estimate of drug-likeness (QED) is 0.122. The summed E-state index contributed by atoms with van der Waals surface area (Å²) in [6.45, 7) is 2.39. The molecule has 39 heavy (non-hydrogen) atoms. The average Bonchev–Trinajstić information content (AvgIpc) is 3.32. The molecule has 1 aliphatic carbocycles. The third-order valence-corrected chi connectivity index (χ3v) is 8.41. The summed E-state index contributed by atoms with van der Waals surface area (Å²) in [5, 5.41) is 13.8. The van der Waals surface area contributed by atoms with Crippen LogP contribution in [0, 0.1) is 5.41 Å². The number of thiophene rings is 1. The lowest BCUT2D eigenvalue weighted by atomic mass is 9.82. The van der Waals surface area contributed by atoms with Gasteiger partial charge in [0, 0.05) is 15.0 Å². The number of hydrogen-bond acceptors (Lipinski definition) is 4. The Morgan fingerprint density at radius 3 is 2.56 bits per heavy atom. The van der Waals surface area contributed by atoms with Crippen molar-refractivity contribution in [3.63, 3.8) is 0 Å². The molecular weight excluding hydrogens is 502 g/mol. The van der Waals surface area contributed by atoms with Crippen LogP contribution in [0.4, 0.5) is 0 Å². The van der Waals surface area contributed by atoms with E-state index in [0.717, 1.165) is 44.5 Å². The summed E-state index contributed by atoms with van der Waals surface area (Å²) in [6, 6.07) is 27.9. The number of aryl methyl sites for hydroxylation is 1. The van der Waals surface area contributed by atoms with Gasteiger partial charge in [0.25, 0.3) is 0 Å². The molecule has 0 atom stereocenters. The Balaban J connectivity index is 1.67. The highest BCUT2D eigenvalue weighted by atomic mass is 32.1. The lowest BCUT2D eigenvalue weighted by Crippen LogP contribution is -2.29. The Labute approximate surface area is 231 Å². The van der Waals surface area contributed by atoms with Crippen molar-refractivity contribution in [2.24, 2.45) is 5.73 Å². The molecule has 6 heteroatoms. The molecule has 0 aliphatic heterocycles. The second-order valence-electron chi connectivity index (χ2n) is 9.62. The van der Waals surface area contributed by atoms with Crippen molar-refractivity contribution < 1.29 is 9.53 Å². The van der Waals surface area contributed by atoms with Crippen LogP contribution in [0.5, 0.6) is 0 Å². The van der Waals surface area contributed by atoms with Gasteiger partial charge in [-0.3, -0.25) is 5.41 Å². The number of carbonyl (C=O) groups excluding carboxylic acids is 1. The van der Waals surface area contributed by atoms with E-state index < -0.39 is 0 Å². The van der Waals surface area contributed by atoms with E-state index in [-0.39, 0.29) is 25.1 Å². The molecule has 0 unspecified atom stereocenters. The van der Waals surface area contributed by atoms with Crippen molar-refractivity contribution in [1.29, 1.82) is 5.41 Å². The van der Waals surface area contributed by atoms with Crippen LogP contribution < -0.4 is 11.1 Å². The second-order valence-corrected chi connectivity index (χ2v) is 10.8. The minimum absolute atomic E-state index is 0.136. The minimum Gasteiger partial charge on any atom is -0.462 e. The number of nitrogens with one attached hydrogen (secondary N) is 2. The number of benzene rings is 4. The molecule has 1 aliphatic rings. The Morgan fingerprint density at radius 1 is 0.949 bits per heavy atom. The first-order chi connectivity index (χ1) is 19.0. The van der Waals surface area contributed by atoms with E-state index in [4.69, 9.17) is 15.9 Å². The highest BCUT2D eigenvalue weighted by Crippen LogP contribution is 2.44. The number of guanidine groups is 1. The number of esters is 1. The van der Waals surface area contributed by atoms with Gasteiger partial charge in [0.2, 0.25) is 0 Å². The Bertz CT molecular complexity index is 1780. The van der Waals surface area contributed by atoms with Crippen molar-refractivity contribution in [1.82, 2.24) is 5.32 Å². The summed E-state index contributed by atoms with van der Waals surface area (Å²) in [5.74, 6) is -0.491. The maximum Gasteiger partial charge on any atom is 0.339 e. The molecule has 0 fully saturated rings. The zero-order valence-corrected chi connectivity index (χ0v) is 22.5. The average molecular weight is 532 g/mol. The maximum atomic E-state index is 13.3. The largest absolute Gasteiger partial charge is 0.462 e. The highest BCUT2D eigenvalue weighted by molar-refractivity contribution is 7.19. The number of carbonyl (C=O) groups is 1. The Kier molecular flexibility index (Phi) is 6.63. The third kappa shape index (κ3) is 4.57. The first kappa shape index (κ1) is 24.9. The molecule has 0 saturated carbocycles. The van der Waals surface area contributed by atoms with Crippen LogP contribution >= 0.6 is 11.3 Å². The fourth-order valence-electron chi connectivity index (χ4n) is 5.56. The van der Waals surface area contributed by atoms with E-state index >= 15 is 0 Å². The number of fused-ring (bicyclic) bond motifs is 3. The third-order valence-electron chi connectivity index (χ3n) is 7.26. The van der Waals surface area contributed by atoms with Crippen molar-refractivity contribution in [3.05, 3.63) is 112 Å². The van der Waals surface area contributed by atoms with E-state index in [1.54, 1.807) is 11.3 Å². The molecule has 0 saturated heterocycles. The van der Waals surface area contributed by atoms with Crippen LogP contribution in [-0.4, -0.2) is 18.5 Å². The van der Waals surface area contributed by atoms with Gasteiger partial charge in [-0.1, -0.05) is 72.8 Å². The molecule has 5 nitrogen and oxygen atoms in total. The van der Waals surface area contributed by atoms with Gasteiger partial charge in [-0.15, -0.1) is 11.3 Å². The number of ether oxygens (including phenoxy) is 1. The Hall–Kier alpha value is -4.42. The van der Waals surface area contributed by atoms with Gasteiger partial charge >= 0.3 is 5.97 Å². The molecule has 1 heterocycles. The predicted octanol–water partition coefficient (Wildman–Crippen LogP) is 7.26. The zero-order valence-electron chi connectivity index (χ0n) is 21.7. The first-order valence-corrected chi connectivity index (χ1v) is 14.0. The molecule has 0 amide bonds. The van der Waals surface area contributed by atoms with E-state index in [0.29, 0.717) is 5.56 Å². The van der Waals surface area contributed by atoms with Gasteiger partial charge in [0.15, 0.2) is 5.96 Å². The molecule has 0 bridgehead atoms. The summed E-state index contributed by atoms with van der Waals surface area (Å²) in [6.07, 6.45) is 4.30. The van der Waals surface area contributed by atoms with Crippen LogP contribution in [0.1, 0.15) is 45.3 Å². The van der Waals surface area contributed by atoms with Crippen LogP contribution in [0.3, 0.4) is 0 Å². The fourth-order valence-corrected chi connectivity index (χ4v) is 6.72. The molecule has 194 valence electrons. The van der Waals surface area contributed by atoms with Crippen LogP contribution in [0.15, 0.2) is 84.9 Å². The minimum atomic E-state index is -0.356. The normalized spacial score (nSPS) is 12.7. The molecule has 1 aromatic heterocycles. The van der Waals surface area contributed by atoms with Gasteiger partial charge in [-0.2, -0.15) is 0 Å². The molecular formula is C33H29N3O2S. The van der Waals surface area contributed by atoms with E-state index in [1.807, 2.05) is 6.92 Å². The van der Waals surface area contributed by atoms with E-state index in [2.05, 4.69) is 90.3 Å². The summed E-state index contributed by atoms with van der Waals surface area (Å²) in [4.78, 5) is 14.1. The van der Waals surface area contributed by atoms with Crippen molar-refractivity contribution in [2.75, 3.05) is 6.61 Å². The van der Waals surface area contributed by atoms with E-state index in [9.17, 15) is 4.79 Å². The van der Waals surface area contributed by atoms with Gasteiger partial charge in [-0.25, -0.2) is 4.79 Å². The van der Waals surface area contributed by atoms with Crippen LogP contribution in [-0.2, 0) is 17.7 Å². The van der Waals surface area contributed by atoms with Gasteiger partial charge in [0.1, 0.15) is 0 Å². The first-order valence-electron chi connectivity index (χ1n) is 13.2. The van der Waals surface area contributed by atoms with Crippen molar-refractivity contribution in [2.45, 2.75) is 26.3 Å². The summed E-state index contributed by atoms with van der Waals surface area (Å²) >= 11 is 1.54. The molecule has 4 aromatic carbocycles. The second kappa shape index (κ2) is 10.4. The topological polar surface area (TPSA) is 88.2 Å².